The molecule has 3 aromatic rings. The Morgan fingerprint density at radius 2 is 1.52 bits per heavy atom. The van der Waals surface area contributed by atoms with E-state index in [9.17, 15) is 31.5 Å². The number of ketones is 2. The van der Waals surface area contributed by atoms with Gasteiger partial charge in [-0.1, -0.05) is 47.4 Å². The van der Waals surface area contributed by atoms with Gasteiger partial charge in [-0.25, -0.2) is 0 Å². The molecule has 2 heterocycles. The fourth-order valence-corrected chi connectivity index (χ4v) is 7.96. The molecule has 0 atom stereocenters. The SMILES string of the molecule is O=C1C(=O)/C(=C/c2sc3ccccc3[n+]2CCCS(=O)(=O)O)C(O)=C1/C=C1\Sc2ccccc2N1CCCS(=O)(=O)O. The molecule has 0 unspecified atom stereocenters. The van der Waals surface area contributed by atoms with E-state index >= 15 is 0 Å². The molecule has 0 saturated heterocycles. The first-order valence-electron chi connectivity index (χ1n) is 12.6. The first-order chi connectivity index (χ1) is 19.8. The van der Waals surface area contributed by atoms with Crippen LogP contribution in [0.3, 0.4) is 0 Å². The van der Waals surface area contributed by atoms with E-state index < -0.39 is 49.1 Å². The molecule has 220 valence electrons. The van der Waals surface area contributed by atoms with Crippen LogP contribution >= 0.6 is 23.1 Å². The Morgan fingerprint density at radius 1 is 0.857 bits per heavy atom. The van der Waals surface area contributed by atoms with Gasteiger partial charge in [-0.05, 0) is 30.7 Å². The van der Waals surface area contributed by atoms with Gasteiger partial charge in [0.15, 0.2) is 6.54 Å². The Morgan fingerprint density at radius 3 is 2.26 bits per heavy atom. The van der Waals surface area contributed by atoms with Crippen LogP contribution in [0.4, 0.5) is 5.69 Å². The van der Waals surface area contributed by atoms with Crippen molar-refractivity contribution in [3.05, 3.63) is 81.5 Å². The molecule has 2 aromatic carbocycles. The average Bonchev–Trinajstić information content (AvgIpc) is 3.51. The van der Waals surface area contributed by atoms with E-state index in [1.54, 1.807) is 21.6 Å². The van der Waals surface area contributed by atoms with Gasteiger partial charge in [-0.2, -0.15) is 21.4 Å². The Hall–Kier alpha value is -3.34. The number of benzene rings is 2. The number of anilines is 1. The van der Waals surface area contributed by atoms with Crippen LogP contribution in [0.15, 0.2) is 81.4 Å². The van der Waals surface area contributed by atoms with Crippen molar-refractivity contribution in [3.63, 3.8) is 0 Å². The summed E-state index contributed by atoms with van der Waals surface area (Å²) in [5.41, 5.74) is 1.10. The smallest absolute Gasteiger partial charge is 0.265 e. The van der Waals surface area contributed by atoms with Crippen LogP contribution < -0.4 is 9.47 Å². The van der Waals surface area contributed by atoms with Crippen LogP contribution in [0.5, 0.6) is 0 Å². The number of hydrogen-bond donors (Lipinski definition) is 3. The van der Waals surface area contributed by atoms with Crippen LogP contribution in [-0.2, 0) is 36.4 Å². The normalized spacial score (nSPS) is 17.8. The number of aryl methyl sites for hydroxylation is 1. The molecule has 2 aliphatic rings. The van der Waals surface area contributed by atoms with Crippen molar-refractivity contribution in [2.24, 2.45) is 0 Å². The van der Waals surface area contributed by atoms with E-state index in [0.29, 0.717) is 10.0 Å². The predicted molar refractivity (Wildman–Crippen MR) is 159 cm³/mol. The minimum atomic E-state index is -4.17. The summed E-state index contributed by atoms with van der Waals surface area (Å²) in [6.45, 7) is 0.389. The third-order valence-corrected chi connectivity index (χ3v) is 10.4. The number of aromatic nitrogens is 1. The number of aliphatic hydroxyl groups excluding tert-OH is 1. The molecule has 11 nitrogen and oxygen atoms in total. The molecule has 0 bridgehead atoms. The molecule has 0 saturated carbocycles. The maximum absolute atomic E-state index is 13.1. The summed E-state index contributed by atoms with van der Waals surface area (Å²) in [5.74, 6) is -3.23. The highest BCUT2D eigenvalue weighted by Crippen LogP contribution is 2.47. The van der Waals surface area contributed by atoms with E-state index in [-0.39, 0.29) is 37.1 Å². The zero-order chi connectivity index (χ0) is 30.2. The molecule has 5 rings (SSSR count). The lowest BCUT2D eigenvalue weighted by Gasteiger charge is -2.20. The monoisotopic (exact) mass is 649 g/mol. The van der Waals surface area contributed by atoms with Gasteiger partial charge in [0.2, 0.25) is 17.1 Å². The topological polar surface area (TPSA) is 170 Å². The van der Waals surface area contributed by atoms with Gasteiger partial charge < -0.3 is 10.0 Å². The fraction of sp³-hybridized carbons (Fsp3) is 0.222. The lowest BCUT2D eigenvalue weighted by atomic mass is 10.1. The summed E-state index contributed by atoms with van der Waals surface area (Å²) in [4.78, 5) is 28.8. The standard InChI is InChI=1S/C27H24N2O9S4/c30-25-17(15-23-28(11-5-13-41(33,34)35)19-7-1-3-9-21(19)39-23)26(31)27(32)18(25)16-24-29(12-6-14-42(36,37)38)20-8-2-4-10-22(20)40-24/h1-4,7-10,15-16H,5-6,11-14H2,(H2-,30,31,32,33,34,35,36,37,38)/p+1. The summed E-state index contributed by atoms with van der Waals surface area (Å²) in [6.07, 6.45) is 2.99. The van der Waals surface area contributed by atoms with Gasteiger partial charge in [0.1, 0.15) is 10.5 Å². The Kier molecular flexibility index (Phi) is 8.42. The highest BCUT2D eigenvalue weighted by molar-refractivity contribution is 8.03. The molecule has 0 fully saturated rings. The maximum Gasteiger partial charge on any atom is 0.265 e. The number of nitrogens with zero attached hydrogens (tertiary/aromatic N) is 2. The van der Waals surface area contributed by atoms with Crippen molar-refractivity contribution in [1.82, 2.24) is 0 Å². The number of rotatable bonds is 10. The van der Waals surface area contributed by atoms with Crippen LogP contribution in [0, 0.1) is 0 Å². The average molecular weight is 650 g/mol. The number of para-hydroxylation sites is 2. The van der Waals surface area contributed by atoms with Crippen molar-refractivity contribution < 1.29 is 45.2 Å². The molecule has 1 aliphatic carbocycles. The van der Waals surface area contributed by atoms with Gasteiger partial charge >= 0.3 is 0 Å². The van der Waals surface area contributed by atoms with Gasteiger partial charge in [0, 0.05) is 30.0 Å². The summed E-state index contributed by atoms with van der Waals surface area (Å²) in [7, 11) is -8.35. The summed E-state index contributed by atoms with van der Waals surface area (Å²) in [6, 6.07) is 14.6. The van der Waals surface area contributed by atoms with E-state index in [1.807, 2.05) is 36.4 Å². The minimum Gasteiger partial charge on any atom is -0.506 e. The largest absolute Gasteiger partial charge is 0.506 e. The van der Waals surface area contributed by atoms with Crippen molar-refractivity contribution in [1.29, 1.82) is 0 Å². The second kappa shape index (κ2) is 11.7. The van der Waals surface area contributed by atoms with Crippen molar-refractivity contribution in [2.75, 3.05) is 23.0 Å². The van der Waals surface area contributed by atoms with Crippen molar-refractivity contribution in [3.8, 4) is 0 Å². The van der Waals surface area contributed by atoms with Crippen LogP contribution in [0.1, 0.15) is 17.8 Å². The third-order valence-electron chi connectivity index (χ3n) is 6.58. The number of hydrogen-bond acceptors (Lipinski definition) is 10. The second-order valence-corrected chi connectivity index (χ2v) is 14.8. The van der Waals surface area contributed by atoms with E-state index in [0.717, 1.165) is 20.8 Å². The number of thiazole rings is 1. The van der Waals surface area contributed by atoms with E-state index in [2.05, 4.69) is 0 Å². The van der Waals surface area contributed by atoms with Gasteiger partial charge in [0.05, 0.1) is 33.4 Å². The maximum atomic E-state index is 13.1. The zero-order valence-corrected chi connectivity index (χ0v) is 25.1. The predicted octanol–water partition coefficient (Wildman–Crippen LogP) is 3.55. The Labute approximate surface area is 250 Å². The quantitative estimate of drug-likeness (QED) is 0.127. The first-order valence-corrected chi connectivity index (χ1v) is 17.5. The number of Topliss-reactive ketones (excluding diaryl/α,β-unsaturated/α-hetero) is 2. The summed E-state index contributed by atoms with van der Waals surface area (Å²) >= 11 is 2.58. The molecular formula is C27H25N2O9S4+. The van der Waals surface area contributed by atoms with Crippen LogP contribution in [0.25, 0.3) is 16.3 Å². The summed E-state index contributed by atoms with van der Waals surface area (Å²) in [5, 5.41) is 12.1. The number of thioether (sulfide) groups is 1. The van der Waals surface area contributed by atoms with E-state index in [1.165, 1.54) is 35.3 Å². The fourth-order valence-electron chi connectivity index (χ4n) is 4.71. The van der Waals surface area contributed by atoms with Crippen LogP contribution in [0.2, 0.25) is 0 Å². The molecule has 42 heavy (non-hydrogen) atoms. The first kappa shape index (κ1) is 30.1. The lowest BCUT2D eigenvalue weighted by molar-refractivity contribution is -0.668. The molecule has 1 aliphatic heterocycles. The highest BCUT2D eigenvalue weighted by atomic mass is 32.2. The zero-order valence-electron chi connectivity index (χ0n) is 21.8. The molecule has 15 heteroatoms. The lowest BCUT2D eigenvalue weighted by Crippen LogP contribution is -2.36. The molecule has 1 aromatic heterocycles. The van der Waals surface area contributed by atoms with Gasteiger partial charge in [0.25, 0.3) is 25.2 Å². The second-order valence-electron chi connectivity index (χ2n) is 9.52. The van der Waals surface area contributed by atoms with E-state index in [4.69, 9.17) is 9.11 Å². The van der Waals surface area contributed by atoms with Gasteiger partial charge in [-0.15, -0.1) is 0 Å². The number of allylic oxidation sites excluding steroid dienone is 3. The number of aliphatic hydroxyl groups is 1. The van der Waals surface area contributed by atoms with Crippen molar-refractivity contribution >= 4 is 76.9 Å². The van der Waals surface area contributed by atoms with Crippen molar-refractivity contribution in [2.45, 2.75) is 24.3 Å². The number of carbonyl (C=O) groups is 2. The number of fused-ring (bicyclic) bond motifs is 2. The molecule has 3 N–H and O–H groups in total. The Bertz CT molecular complexity index is 1920. The van der Waals surface area contributed by atoms with Crippen LogP contribution in [-0.4, -0.2) is 60.7 Å². The highest BCUT2D eigenvalue weighted by Gasteiger charge is 2.38. The summed E-state index contributed by atoms with van der Waals surface area (Å²) < 4.78 is 65.9. The number of carbonyl (C=O) groups excluding carboxylic acids is 2. The molecule has 0 amide bonds. The van der Waals surface area contributed by atoms with Gasteiger partial charge in [-0.3, -0.25) is 18.7 Å². The molecule has 0 radical (unpaired) electrons. The molecule has 0 spiro atoms. The minimum absolute atomic E-state index is 0.0949. The Balaban J connectivity index is 1.51. The molecular weight excluding hydrogens is 625 g/mol. The third kappa shape index (κ3) is 6.50.